The molecule has 0 atom stereocenters. The fourth-order valence-electron chi connectivity index (χ4n) is 2.17. The molecule has 1 saturated carbocycles. The Morgan fingerprint density at radius 1 is 1.32 bits per heavy atom. The Balaban J connectivity index is 2.17. The zero-order valence-corrected chi connectivity index (χ0v) is 12.0. The summed E-state index contributed by atoms with van der Waals surface area (Å²) < 4.78 is 27.3. The van der Waals surface area contributed by atoms with Gasteiger partial charge in [0.05, 0.1) is 17.4 Å². The minimum Gasteiger partial charge on any atom is -0.207 e. The molecule has 19 heavy (non-hydrogen) atoms. The maximum Gasteiger partial charge on any atom is 0.241 e. The molecule has 0 aliphatic heterocycles. The molecule has 0 bridgehead atoms. The van der Waals surface area contributed by atoms with Crippen LogP contribution in [0.25, 0.3) is 0 Å². The summed E-state index contributed by atoms with van der Waals surface area (Å²) >= 11 is 0. The molecule has 0 unspecified atom stereocenters. The third kappa shape index (κ3) is 3.34. The van der Waals surface area contributed by atoms with Gasteiger partial charge in [-0.05, 0) is 50.3 Å². The summed E-state index contributed by atoms with van der Waals surface area (Å²) in [5.74, 6) is 0.431. The Bertz CT molecular complexity index is 593. The van der Waals surface area contributed by atoms with Crippen LogP contribution < -0.4 is 4.72 Å². The van der Waals surface area contributed by atoms with Gasteiger partial charge in [0.1, 0.15) is 0 Å². The number of rotatable bonds is 5. The lowest BCUT2D eigenvalue weighted by Crippen LogP contribution is -2.45. The van der Waals surface area contributed by atoms with Crippen molar-refractivity contribution >= 4 is 10.0 Å². The van der Waals surface area contributed by atoms with Gasteiger partial charge in [0.2, 0.25) is 10.0 Å². The van der Waals surface area contributed by atoms with Crippen molar-refractivity contribution in [3.63, 3.8) is 0 Å². The van der Waals surface area contributed by atoms with Crippen molar-refractivity contribution in [1.29, 1.82) is 5.26 Å². The van der Waals surface area contributed by atoms with Crippen LogP contribution in [-0.4, -0.2) is 14.0 Å². The Kier molecular flexibility index (Phi) is 3.66. The SMILES string of the molecule is CC(C)(NS(=O)(=O)c1ccc(CC#N)cc1)C1CC1. The molecule has 0 radical (unpaired) electrons. The van der Waals surface area contributed by atoms with E-state index in [2.05, 4.69) is 4.72 Å². The molecular weight excluding hydrogens is 260 g/mol. The summed E-state index contributed by atoms with van der Waals surface area (Å²) in [6.45, 7) is 3.85. The summed E-state index contributed by atoms with van der Waals surface area (Å²) in [5, 5.41) is 8.59. The predicted octanol–water partition coefficient (Wildman–Crippen LogP) is 2.22. The van der Waals surface area contributed by atoms with Crippen LogP contribution in [0.3, 0.4) is 0 Å². The van der Waals surface area contributed by atoms with Crippen molar-refractivity contribution in [2.75, 3.05) is 0 Å². The Morgan fingerprint density at radius 3 is 2.37 bits per heavy atom. The molecular formula is C14H18N2O2S. The van der Waals surface area contributed by atoms with E-state index in [0.29, 0.717) is 12.3 Å². The van der Waals surface area contributed by atoms with Gasteiger partial charge in [0.25, 0.3) is 0 Å². The number of hydrogen-bond donors (Lipinski definition) is 1. The van der Waals surface area contributed by atoms with Gasteiger partial charge < -0.3 is 0 Å². The third-order valence-corrected chi connectivity index (χ3v) is 5.20. The van der Waals surface area contributed by atoms with Crippen molar-refractivity contribution < 1.29 is 8.42 Å². The highest BCUT2D eigenvalue weighted by molar-refractivity contribution is 7.89. The number of benzene rings is 1. The van der Waals surface area contributed by atoms with Crippen LogP contribution in [0.15, 0.2) is 29.2 Å². The van der Waals surface area contributed by atoms with Crippen LogP contribution in [0.4, 0.5) is 0 Å². The number of hydrogen-bond acceptors (Lipinski definition) is 3. The highest BCUT2D eigenvalue weighted by atomic mass is 32.2. The Labute approximate surface area is 114 Å². The van der Waals surface area contributed by atoms with Gasteiger partial charge in [-0.3, -0.25) is 0 Å². The average Bonchev–Trinajstić information content (AvgIpc) is 3.12. The third-order valence-electron chi connectivity index (χ3n) is 3.51. The standard InChI is InChI=1S/C14H18N2O2S/c1-14(2,12-5-6-12)16-19(17,18)13-7-3-11(4-8-13)9-10-15/h3-4,7-8,12,16H,5-6,9H2,1-2H3. The highest BCUT2D eigenvalue weighted by Crippen LogP contribution is 2.39. The molecule has 0 aromatic heterocycles. The summed E-state index contributed by atoms with van der Waals surface area (Å²) in [4.78, 5) is 0.253. The monoisotopic (exact) mass is 278 g/mol. The molecule has 1 aliphatic rings. The number of nitriles is 1. The Hall–Kier alpha value is -1.38. The van der Waals surface area contributed by atoms with Gasteiger partial charge in [-0.1, -0.05) is 12.1 Å². The quantitative estimate of drug-likeness (QED) is 0.897. The molecule has 102 valence electrons. The van der Waals surface area contributed by atoms with Crippen molar-refractivity contribution in [3.05, 3.63) is 29.8 Å². The second-order valence-electron chi connectivity index (χ2n) is 5.58. The lowest BCUT2D eigenvalue weighted by molar-refractivity contribution is 0.400. The number of sulfonamides is 1. The average molecular weight is 278 g/mol. The van der Waals surface area contributed by atoms with Crippen molar-refractivity contribution in [1.82, 2.24) is 4.72 Å². The fourth-order valence-corrected chi connectivity index (χ4v) is 3.64. The van der Waals surface area contributed by atoms with E-state index in [1.807, 2.05) is 19.9 Å². The first-order valence-corrected chi connectivity index (χ1v) is 7.83. The van der Waals surface area contributed by atoms with E-state index < -0.39 is 15.6 Å². The van der Waals surface area contributed by atoms with Crippen molar-refractivity contribution in [2.45, 2.75) is 43.5 Å². The molecule has 1 N–H and O–H groups in total. The molecule has 0 saturated heterocycles. The van der Waals surface area contributed by atoms with Crippen molar-refractivity contribution in [2.24, 2.45) is 5.92 Å². The second kappa shape index (κ2) is 4.95. The predicted molar refractivity (Wildman–Crippen MR) is 72.9 cm³/mol. The van der Waals surface area contributed by atoms with Crippen LogP contribution in [-0.2, 0) is 16.4 Å². The summed E-state index contributed by atoms with van der Waals surface area (Å²) in [6, 6.07) is 8.51. The molecule has 4 nitrogen and oxygen atoms in total. The van der Waals surface area contributed by atoms with Gasteiger partial charge >= 0.3 is 0 Å². The minimum atomic E-state index is -3.49. The maximum atomic E-state index is 12.3. The normalized spacial score (nSPS) is 16.1. The fraction of sp³-hybridized carbons (Fsp3) is 0.500. The summed E-state index contributed by atoms with van der Waals surface area (Å²) in [6.07, 6.45) is 2.45. The molecule has 1 aromatic carbocycles. The first-order valence-electron chi connectivity index (χ1n) is 6.35. The van der Waals surface area contributed by atoms with Crippen LogP contribution in [0.1, 0.15) is 32.3 Å². The van der Waals surface area contributed by atoms with Gasteiger partial charge in [-0.15, -0.1) is 0 Å². The topological polar surface area (TPSA) is 70.0 Å². The lowest BCUT2D eigenvalue weighted by atomic mass is 10.0. The number of nitrogens with zero attached hydrogens (tertiary/aromatic N) is 1. The first-order chi connectivity index (χ1) is 8.85. The Morgan fingerprint density at radius 2 is 1.89 bits per heavy atom. The maximum absolute atomic E-state index is 12.3. The van der Waals surface area contributed by atoms with E-state index in [4.69, 9.17) is 5.26 Å². The largest absolute Gasteiger partial charge is 0.241 e. The van der Waals surface area contributed by atoms with E-state index in [9.17, 15) is 8.42 Å². The molecule has 1 aliphatic carbocycles. The van der Waals surface area contributed by atoms with Gasteiger partial charge in [-0.2, -0.15) is 5.26 Å². The van der Waals surface area contributed by atoms with Crippen LogP contribution in [0.5, 0.6) is 0 Å². The van der Waals surface area contributed by atoms with Gasteiger partial charge in [0, 0.05) is 5.54 Å². The summed E-state index contributed by atoms with van der Waals surface area (Å²) in [5.41, 5.74) is 0.423. The molecule has 0 heterocycles. The minimum absolute atomic E-state index is 0.253. The van der Waals surface area contributed by atoms with E-state index >= 15 is 0 Å². The zero-order valence-electron chi connectivity index (χ0n) is 11.2. The molecule has 1 fully saturated rings. The van der Waals surface area contributed by atoms with E-state index in [1.165, 1.54) is 0 Å². The van der Waals surface area contributed by atoms with Crippen molar-refractivity contribution in [3.8, 4) is 6.07 Å². The lowest BCUT2D eigenvalue weighted by Gasteiger charge is -2.25. The highest BCUT2D eigenvalue weighted by Gasteiger charge is 2.40. The smallest absolute Gasteiger partial charge is 0.207 e. The number of nitrogens with one attached hydrogen (secondary N) is 1. The molecule has 5 heteroatoms. The molecule has 0 amide bonds. The van der Waals surface area contributed by atoms with Gasteiger partial charge in [0.15, 0.2) is 0 Å². The second-order valence-corrected chi connectivity index (χ2v) is 7.26. The zero-order chi connectivity index (χ0) is 14.1. The van der Waals surface area contributed by atoms with Gasteiger partial charge in [-0.25, -0.2) is 13.1 Å². The van der Waals surface area contributed by atoms with Crippen LogP contribution in [0, 0.1) is 17.2 Å². The van der Waals surface area contributed by atoms with E-state index in [-0.39, 0.29) is 4.90 Å². The molecule has 2 rings (SSSR count). The van der Waals surface area contributed by atoms with Crippen LogP contribution in [0.2, 0.25) is 0 Å². The van der Waals surface area contributed by atoms with E-state index in [1.54, 1.807) is 24.3 Å². The molecule has 0 spiro atoms. The van der Waals surface area contributed by atoms with Crippen LogP contribution >= 0.6 is 0 Å². The molecule has 1 aromatic rings. The first kappa shape index (κ1) is 14.0. The summed E-state index contributed by atoms with van der Waals surface area (Å²) in [7, 11) is -3.49. The van der Waals surface area contributed by atoms with E-state index in [0.717, 1.165) is 18.4 Å².